The van der Waals surface area contributed by atoms with Gasteiger partial charge in [-0.2, -0.15) is 13.2 Å². The van der Waals surface area contributed by atoms with Gasteiger partial charge in [0.2, 0.25) is 0 Å². The summed E-state index contributed by atoms with van der Waals surface area (Å²) in [5.74, 6) is -0.175. The Bertz CT molecular complexity index is 1440. The molecule has 0 amide bonds. The topological polar surface area (TPSA) is 105 Å². The van der Waals surface area contributed by atoms with Gasteiger partial charge in [0.25, 0.3) is 5.89 Å². The van der Waals surface area contributed by atoms with Gasteiger partial charge >= 0.3 is 12.2 Å². The van der Waals surface area contributed by atoms with E-state index >= 15 is 0 Å². The quantitative estimate of drug-likeness (QED) is 0.302. The summed E-state index contributed by atoms with van der Waals surface area (Å²) in [6, 6.07) is 17.6. The third-order valence-electron chi connectivity index (χ3n) is 6.23. The molecular weight excluding hydrogens is 513 g/mol. The van der Waals surface area contributed by atoms with Crippen LogP contribution in [0.4, 0.5) is 36.2 Å². The molecule has 2 aromatic carbocycles. The Balaban J connectivity index is 1.42. The van der Waals surface area contributed by atoms with Gasteiger partial charge in [-0.1, -0.05) is 41.5 Å². The lowest BCUT2D eigenvalue weighted by Gasteiger charge is -2.27. The summed E-state index contributed by atoms with van der Waals surface area (Å²) in [5.41, 5.74) is 1.92. The predicted octanol–water partition coefficient (Wildman–Crippen LogP) is 4.95. The van der Waals surface area contributed by atoms with Crippen LogP contribution in [0, 0.1) is 0 Å². The van der Waals surface area contributed by atoms with Crippen LogP contribution in [0.2, 0.25) is 0 Å². The number of ketones is 1. The molecule has 202 valence electrons. The Morgan fingerprint density at radius 3 is 2.64 bits per heavy atom. The van der Waals surface area contributed by atoms with Gasteiger partial charge in [-0.05, 0) is 29.8 Å². The number of Topliss-reactive ketones (excluding diaryl/α,β-unsaturated/α-hetero) is 1. The molecule has 3 heterocycles. The standard InChI is InChI=1S/C27H25F3N6O3/c1-38-12-11-31-20-14-18(27(28,29)30)15-32-24(20)25-34-35-26(39-25)33-21-16-36(19-8-3-2-4-9-19)22-10-6-5-7-17(22)13-23(21)37/h2-10,14-15,21,31H,11-13,16H2,1H3,(H,33,35)/t21-/m0/s1. The molecule has 0 saturated heterocycles. The Labute approximate surface area is 222 Å². The molecular formula is C27H25F3N6O3. The molecule has 9 nitrogen and oxygen atoms in total. The van der Waals surface area contributed by atoms with Crippen molar-refractivity contribution in [1.29, 1.82) is 0 Å². The maximum absolute atomic E-state index is 13.3. The van der Waals surface area contributed by atoms with Crippen molar-refractivity contribution in [1.82, 2.24) is 15.2 Å². The van der Waals surface area contributed by atoms with Gasteiger partial charge in [0, 0.05) is 37.6 Å². The average molecular weight is 539 g/mol. The molecule has 0 aliphatic carbocycles. The monoisotopic (exact) mass is 538 g/mol. The zero-order valence-corrected chi connectivity index (χ0v) is 20.9. The van der Waals surface area contributed by atoms with Crippen LogP contribution in [-0.4, -0.2) is 53.8 Å². The molecule has 5 rings (SSSR count). The second-order valence-corrected chi connectivity index (χ2v) is 8.86. The molecule has 12 heteroatoms. The van der Waals surface area contributed by atoms with Gasteiger partial charge in [0.15, 0.2) is 11.5 Å². The second kappa shape index (κ2) is 11.1. The molecule has 1 atom stereocenters. The highest BCUT2D eigenvalue weighted by molar-refractivity contribution is 5.92. The van der Waals surface area contributed by atoms with Gasteiger partial charge in [0.1, 0.15) is 6.04 Å². The highest BCUT2D eigenvalue weighted by Gasteiger charge is 2.33. The minimum atomic E-state index is -4.58. The summed E-state index contributed by atoms with van der Waals surface area (Å²) in [5, 5.41) is 13.9. The number of rotatable bonds is 8. The number of hydrogen-bond donors (Lipinski definition) is 2. The first-order valence-corrected chi connectivity index (χ1v) is 12.2. The third kappa shape index (κ3) is 5.85. The van der Waals surface area contributed by atoms with Crippen molar-refractivity contribution in [2.24, 2.45) is 0 Å². The molecule has 39 heavy (non-hydrogen) atoms. The van der Waals surface area contributed by atoms with E-state index in [4.69, 9.17) is 9.15 Å². The fraction of sp³-hybridized carbons (Fsp3) is 0.259. The molecule has 4 aromatic rings. The first-order chi connectivity index (χ1) is 18.8. The van der Waals surface area contributed by atoms with Crippen LogP contribution in [0.1, 0.15) is 11.1 Å². The summed E-state index contributed by atoms with van der Waals surface area (Å²) in [6.45, 7) is 0.786. The second-order valence-electron chi connectivity index (χ2n) is 8.86. The van der Waals surface area contributed by atoms with Gasteiger partial charge in [-0.15, -0.1) is 5.10 Å². The maximum atomic E-state index is 13.3. The highest BCUT2D eigenvalue weighted by Crippen LogP contribution is 2.35. The number of alkyl halides is 3. The van der Waals surface area contributed by atoms with E-state index in [9.17, 15) is 18.0 Å². The number of pyridine rings is 1. The van der Waals surface area contributed by atoms with Gasteiger partial charge in [-0.3, -0.25) is 4.79 Å². The number of para-hydroxylation sites is 2. The number of fused-ring (bicyclic) bond motifs is 1. The summed E-state index contributed by atoms with van der Waals surface area (Å²) >= 11 is 0. The van der Waals surface area contributed by atoms with Crippen LogP contribution in [0.25, 0.3) is 11.6 Å². The van der Waals surface area contributed by atoms with E-state index < -0.39 is 17.8 Å². The Morgan fingerprint density at radius 2 is 1.87 bits per heavy atom. The van der Waals surface area contributed by atoms with E-state index in [1.54, 1.807) is 0 Å². The minimum Gasteiger partial charge on any atom is -0.402 e. The van der Waals surface area contributed by atoms with E-state index in [2.05, 4.69) is 25.8 Å². The number of nitrogens with one attached hydrogen (secondary N) is 2. The fourth-order valence-corrected chi connectivity index (χ4v) is 4.33. The van der Waals surface area contributed by atoms with Crippen molar-refractivity contribution < 1.29 is 27.1 Å². The molecule has 0 saturated carbocycles. The van der Waals surface area contributed by atoms with Gasteiger partial charge in [-0.25, -0.2) is 4.98 Å². The Hall–Kier alpha value is -4.45. The zero-order valence-electron chi connectivity index (χ0n) is 20.9. The summed E-state index contributed by atoms with van der Waals surface area (Å²) in [7, 11) is 1.48. The smallest absolute Gasteiger partial charge is 0.402 e. The Morgan fingerprint density at radius 1 is 1.10 bits per heavy atom. The van der Waals surface area contributed by atoms with Gasteiger partial charge in [0.05, 0.1) is 24.4 Å². The number of halogens is 3. The lowest BCUT2D eigenvalue weighted by atomic mass is 10.0. The summed E-state index contributed by atoms with van der Waals surface area (Å²) in [6.07, 6.45) is -3.67. The van der Waals surface area contributed by atoms with E-state index in [0.717, 1.165) is 23.0 Å². The van der Waals surface area contributed by atoms with Crippen molar-refractivity contribution in [2.45, 2.75) is 18.6 Å². The Kier molecular flexibility index (Phi) is 7.46. The molecule has 0 fully saturated rings. The number of carbonyl (C=O) groups is 1. The molecule has 2 N–H and O–H groups in total. The summed E-state index contributed by atoms with van der Waals surface area (Å²) in [4.78, 5) is 19.2. The largest absolute Gasteiger partial charge is 0.417 e. The van der Waals surface area contributed by atoms with Crippen molar-refractivity contribution in [3.63, 3.8) is 0 Å². The SMILES string of the molecule is COCCNc1cc(C(F)(F)F)cnc1-c1nnc(N[C@H]2CN(c3ccccc3)c3ccccc3CC2=O)o1. The first kappa shape index (κ1) is 26.2. The number of anilines is 4. The van der Waals surface area contributed by atoms with E-state index in [-0.39, 0.29) is 48.6 Å². The third-order valence-corrected chi connectivity index (χ3v) is 6.23. The fourth-order valence-electron chi connectivity index (χ4n) is 4.33. The van der Waals surface area contributed by atoms with Crippen molar-refractivity contribution >= 4 is 28.9 Å². The van der Waals surface area contributed by atoms with Crippen LogP contribution < -0.4 is 15.5 Å². The first-order valence-electron chi connectivity index (χ1n) is 12.2. The number of ether oxygens (including phenoxy) is 1. The molecule has 1 aliphatic heterocycles. The van der Waals surface area contributed by atoms with E-state index in [1.165, 1.54) is 7.11 Å². The van der Waals surface area contributed by atoms with Crippen molar-refractivity contribution in [2.75, 3.05) is 42.3 Å². The van der Waals surface area contributed by atoms with Crippen LogP contribution in [0.3, 0.4) is 0 Å². The molecule has 0 bridgehead atoms. The average Bonchev–Trinajstić information content (AvgIpc) is 3.34. The predicted molar refractivity (Wildman–Crippen MR) is 139 cm³/mol. The van der Waals surface area contributed by atoms with Crippen LogP contribution in [-0.2, 0) is 22.1 Å². The van der Waals surface area contributed by atoms with Gasteiger partial charge < -0.3 is 24.7 Å². The normalized spacial score (nSPS) is 15.5. The molecule has 1 aliphatic rings. The highest BCUT2D eigenvalue weighted by atomic mass is 19.4. The van der Waals surface area contributed by atoms with Crippen molar-refractivity contribution in [3.05, 3.63) is 78.0 Å². The number of hydrogen-bond acceptors (Lipinski definition) is 9. The number of aromatic nitrogens is 3. The lowest BCUT2D eigenvalue weighted by molar-refractivity contribution is -0.137. The summed E-state index contributed by atoms with van der Waals surface area (Å²) < 4.78 is 50.6. The van der Waals surface area contributed by atoms with Crippen LogP contribution >= 0.6 is 0 Å². The molecule has 0 unspecified atom stereocenters. The number of nitrogens with zero attached hydrogens (tertiary/aromatic N) is 4. The van der Waals surface area contributed by atoms with Crippen LogP contribution in [0.15, 0.2) is 71.3 Å². The minimum absolute atomic E-state index is 0.0464. The molecule has 0 spiro atoms. The lowest BCUT2D eigenvalue weighted by Crippen LogP contribution is -2.39. The molecule has 2 aromatic heterocycles. The molecule has 0 radical (unpaired) electrons. The zero-order chi connectivity index (χ0) is 27.4. The number of benzene rings is 2. The van der Waals surface area contributed by atoms with E-state index in [0.29, 0.717) is 12.7 Å². The number of methoxy groups -OCH3 is 1. The van der Waals surface area contributed by atoms with Crippen LogP contribution in [0.5, 0.6) is 0 Å². The van der Waals surface area contributed by atoms with E-state index in [1.807, 2.05) is 59.5 Å². The number of carbonyl (C=O) groups excluding carboxylic acids is 1. The van der Waals surface area contributed by atoms with Crippen molar-refractivity contribution in [3.8, 4) is 11.6 Å². The maximum Gasteiger partial charge on any atom is 0.417 e.